The highest BCUT2D eigenvalue weighted by molar-refractivity contribution is 6.30. The van der Waals surface area contributed by atoms with Crippen LogP contribution in [0.5, 0.6) is 0 Å². The molecule has 6 heteroatoms. The quantitative estimate of drug-likeness (QED) is 0.801. The number of carbonyl (C=O) groups is 2. The minimum Gasteiger partial charge on any atom is -0.481 e. The zero-order valence-electron chi connectivity index (χ0n) is 13.5. The van der Waals surface area contributed by atoms with Crippen molar-refractivity contribution >= 4 is 23.5 Å². The molecule has 1 aromatic rings. The number of amides is 1. The fourth-order valence-corrected chi connectivity index (χ4v) is 2.83. The van der Waals surface area contributed by atoms with Crippen LogP contribution in [-0.2, 0) is 16.1 Å². The van der Waals surface area contributed by atoms with Gasteiger partial charge in [0.05, 0.1) is 11.5 Å². The number of benzene rings is 1. The smallest absolute Gasteiger partial charge is 0.306 e. The zero-order chi connectivity index (χ0) is 17.0. The molecular formula is C17H23ClN2O3. The molecule has 1 unspecified atom stereocenters. The second kappa shape index (κ2) is 7.32. The lowest BCUT2D eigenvalue weighted by Crippen LogP contribution is -2.64. The van der Waals surface area contributed by atoms with Gasteiger partial charge in [-0.2, -0.15) is 0 Å². The van der Waals surface area contributed by atoms with Crippen molar-refractivity contribution in [1.29, 1.82) is 0 Å². The van der Waals surface area contributed by atoms with Crippen LogP contribution in [0.3, 0.4) is 0 Å². The maximum atomic E-state index is 12.8. The van der Waals surface area contributed by atoms with Crippen molar-refractivity contribution < 1.29 is 14.7 Å². The molecule has 1 aliphatic heterocycles. The number of aliphatic carboxylic acids is 1. The summed E-state index contributed by atoms with van der Waals surface area (Å²) in [7, 11) is 0. The summed E-state index contributed by atoms with van der Waals surface area (Å²) in [5, 5.41) is 12.8. The highest BCUT2D eigenvalue weighted by Gasteiger charge is 2.41. The number of halogens is 1. The van der Waals surface area contributed by atoms with Crippen molar-refractivity contribution in [2.24, 2.45) is 5.92 Å². The lowest BCUT2D eigenvalue weighted by molar-refractivity contribution is -0.144. The van der Waals surface area contributed by atoms with Crippen molar-refractivity contribution in [2.45, 2.75) is 38.8 Å². The number of hydrogen-bond donors (Lipinski definition) is 2. The molecule has 0 spiro atoms. The Kier molecular flexibility index (Phi) is 5.65. The van der Waals surface area contributed by atoms with E-state index in [1.54, 1.807) is 17.9 Å². The van der Waals surface area contributed by atoms with Crippen LogP contribution in [-0.4, -0.2) is 40.5 Å². The van der Waals surface area contributed by atoms with Crippen LogP contribution in [0.15, 0.2) is 24.3 Å². The highest BCUT2D eigenvalue weighted by Crippen LogP contribution is 2.23. The van der Waals surface area contributed by atoms with Gasteiger partial charge in [-0.3, -0.25) is 9.59 Å². The van der Waals surface area contributed by atoms with Gasteiger partial charge in [-0.05, 0) is 44.0 Å². The summed E-state index contributed by atoms with van der Waals surface area (Å²) in [4.78, 5) is 25.6. The predicted molar refractivity (Wildman–Crippen MR) is 89.3 cm³/mol. The fraction of sp³-hybridized carbons (Fsp3) is 0.529. The van der Waals surface area contributed by atoms with E-state index in [0.29, 0.717) is 24.5 Å². The van der Waals surface area contributed by atoms with Crippen LogP contribution in [0.1, 0.15) is 32.3 Å². The van der Waals surface area contributed by atoms with Gasteiger partial charge in [0, 0.05) is 18.1 Å². The molecule has 1 saturated heterocycles. The SMILES string of the molecule is CC(CCN(Cc1cccc(Cl)c1)C(=O)[C@@]1(C)CCN1)C(=O)O. The van der Waals surface area contributed by atoms with Crippen LogP contribution in [0.4, 0.5) is 0 Å². The molecule has 2 rings (SSSR count). The Morgan fingerprint density at radius 1 is 1.48 bits per heavy atom. The first kappa shape index (κ1) is 17.8. The lowest BCUT2D eigenvalue weighted by atomic mass is 9.88. The van der Waals surface area contributed by atoms with E-state index in [0.717, 1.165) is 18.5 Å². The summed E-state index contributed by atoms with van der Waals surface area (Å²) in [6.07, 6.45) is 1.23. The van der Waals surface area contributed by atoms with Crippen LogP contribution < -0.4 is 5.32 Å². The third kappa shape index (κ3) is 4.45. The average molecular weight is 339 g/mol. The van der Waals surface area contributed by atoms with E-state index in [-0.39, 0.29) is 5.91 Å². The zero-order valence-corrected chi connectivity index (χ0v) is 14.3. The van der Waals surface area contributed by atoms with Gasteiger partial charge < -0.3 is 15.3 Å². The number of hydrogen-bond acceptors (Lipinski definition) is 3. The van der Waals surface area contributed by atoms with Gasteiger partial charge in [0.2, 0.25) is 5.91 Å². The van der Waals surface area contributed by atoms with E-state index >= 15 is 0 Å². The van der Waals surface area contributed by atoms with Crippen LogP contribution >= 0.6 is 11.6 Å². The largest absolute Gasteiger partial charge is 0.481 e. The average Bonchev–Trinajstić information content (AvgIpc) is 2.47. The van der Waals surface area contributed by atoms with Gasteiger partial charge in [0.15, 0.2) is 0 Å². The molecule has 1 heterocycles. The predicted octanol–water partition coefficient (Wildman–Crippen LogP) is 2.53. The molecular weight excluding hydrogens is 316 g/mol. The topological polar surface area (TPSA) is 69.6 Å². The molecule has 0 aliphatic carbocycles. The molecule has 2 atom stereocenters. The number of nitrogens with zero attached hydrogens (tertiary/aromatic N) is 1. The number of carbonyl (C=O) groups excluding carboxylic acids is 1. The van der Waals surface area contributed by atoms with Crippen molar-refractivity contribution in [3.63, 3.8) is 0 Å². The van der Waals surface area contributed by atoms with Crippen molar-refractivity contribution in [3.8, 4) is 0 Å². The molecule has 0 radical (unpaired) electrons. The van der Waals surface area contributed by atoms with E-state index in [1.807, 2.05) is 25.1 Å². The molecule has 126 valence electrons. The van der Waals surface area contributed by atoms with Gasteiger partial charge in [-0.25, -0.2) is 0 Å². The standard InChI is InChI=1S/C17H23ClN2O3/c1-12(15(21)22)6-9-20(16(23)17(2)7-8-19-17)11-13-4-3-5-14(18)10-13/h3-5,10,12,19H,6-9,11H2,1-2H3,(H,21,22)/t12?,17-/m1/s1. The molecule has 2 N–H and O–H groups in total. The van der Waals surface area contributed by atoms with Crippen molar-refractivity contribution in [3.05, 3.63) is 34.9 Å². The number of rotatable bonds is 7. The molecule has 1 aliphatic rings. The molecule has 23 heavy (non-hydrogen) atoms. The minimum atomic E-state index is -0.840. The second-order valence-electron chi connectivity index (χ2n) is 6.39. The van der Waals surface area contributed by atoms with Gasteiger partial charge >= 0.3 is 5.97 Å². The Bertz CT molecular complexity index is 587. The van der Waals surface area contributed by atoms with E-state index in [4.69, 9.17) is 16.7 Å². The normalized spacial score (nSPS) is 21.3. The van der Waals surface area contributed by atoms with Crippen LogP contribution in [0.25, 0.3) is 0 Å². The molecule has 1 aromatic carbocycles. The summed E-state index contributed by atoms with van der Waals surface area (Å²) in [6.45, 7) is 5.23. The van der Waals surface area contributed by atoms with Crippen molar-refractivity contribution in [1.82, 2.24) is 10.2 Å². The van der Waals surface area contributed by atoms with Gasteiger partial charge in [0.1, 0.15) is 0 Å². The maximum absolute atomic E-state index is 12.8. The Balaban J connectivity index is 2.10. The summed E-state index contributed by atoms with van der Waals surface area (Å²) in [6, 6.07) is 7.39. The first-order chi connectivity index (χ1) is 10.8. The first-order valence-electron chi connectivity index (χ1n) is 7.83. The third-order valence-electron chi connectivity index (χ3n) is 4.42. The van der Waals surface area contributed by atoms with Gasteiger partial charge in [-0.1, -0.05) is 30.7 Å². The summed E-state index contributed by atoms with van der Waals surface area (Å²) < 4.78 is 0. The Labute approximate surface area is 141 Å². The minimum absolute atomic E-state index is 0.0151. The monoisotopic (exact) mass is 338 g/mol. The third-order valence-corrected chi connectivity index (χ3v) is 4.65. The summed E-state index contributed by atoms with van der Waals surface area (Å²) in [5.41, 5.74) is 0.405. The molecule has 0 saturated carbocycles. The number of nitrogens with one attached hydrogen (secondary N) is 1. The number of carboxylic acid groups (broad SMARTS) is 1. The summed E-state index contributed by atoms with van der Waals surface area (Å²) >= 11 is 6.01. The van der Waals surface area contributed by atoms with E-state index in [1.165, 1.54) is 0 Å². The van der Waals surface area contributed by atoms with Gasteiger partial charge in [0.25, 0.3) is 0 Å². The highest BCUT2D eigenvalue weighted by atomic mass is 35.5. The second-order valence-corrected chi connectivity index (χ2v) is 6.83. The molecule has 1 amide bonds. The molecule has 5 nitrogen and oxygen atoms in total. The van der Waals surface area contributed by atoms with E-state index in [2.05, 4.69) is 5.32 Å². The van der Waals surface area contributed by atoms with E-state index in [9.17, 15) is 9.59 Å². The van der Waals surface area contributed by atoms with Crippen LogP contribution in [0.2, 0.25) is 5.02 Å². The summed E-state index contributed by atoms with van der Waals surface area (Å²) in [5.74, 6) is -1.30. The number of carboxylic acids is 1. The van der Waals surface area contributed by atoms with Gasteiger partial charge in [-0.15, -0.1) is 0 Å². The molecule has 0 aromatic heterocycles. The maximum Gasteiger partial charge on any atom is 0.306 e. The molecule has 1 fully saturated rings. The first-order valence-corrected chi connectivity index (χ1v) is 8.21. The Morgan fingerprint density at radius 3 is 2.70 bits per heavy atom. The van der Waals surface area contributed by atoms with Crippen LogP contribution in [0, 0.1) is 5.92 Å². The lowest BCUT2D eigenvalue weighted by Gasteiger charge is -2.42. The Morgan fingerprint density at radius 2 is 2.17 bits per heavy atom. The van der Waals surface area contributed by atoms with E-state index < -0.39 is 17.4 Å². The fourth-order valence-electron chi connectivity index (χ4n) is 2.61. The Hall–Kier alpha value is -1.59. The molecule has 0 bridgehead atoms. The van der Waals surface area contributed by atoms with Crippen molar-refractivity contribution in [2.75, 3.05) is 13.1 Å².